The molecule has 2 heteroatoms. The van der Waals surface area contributed by atoms with Gasteiger partial charge in [0.05, 0.1) is 0 Å². The Labute approximate surface area is 140 Å². The van der Waals surface area contributed by atoms with Crippen LogP contribution in [0.4, 0.5) is 0 Å². The second-order valence-corrected chi connectivity index (χ2v) is 13.1. The average molecular weight is 334 g/mol. The molecular formula is C21H20P2. The lowest BCUT2D eigenvalue weighted by Crippen LogP contribution is -2.09. The van der Waals surface area contributed by atoms with Gasteiger partial charge in [0.2, 0.25) is 0 Å². The first-order valence-corrected chi connectivity index (χ1v) is 11.9. The Bertz CT molecular complexity index is 902. The minimum absolute atomic E-state index is 0.121. The smallest absolute Gasteiger partial charge is 0.00137 e. The van der Waals surface area contributed by atoms with Crippen LogP contribution in [-0.4, -0.2) is 5.66 Å². The molecule has 0 amide bonds. The number of aryl methyl sites for hydroxylation is 2. The highest BCUT2D eigenvalue weighted by Crippen LogP contribution is 2.73. The first-order chi connectivity index (χ1) is 11.3. The van der Waals surface area contributed by atoms with Crippen LogP contribution in [0.2, 0.25) is 0 Å². The fourth-order valence-electron chi connectivity index (χ4n) is 4.23. The van der Waals surface area contributed by atoms with Crippen LogP contribution < -0.4 is 15.9 Å². The molecule has 3 aromatic rings. The Hall–Kier alpha value is -1.22. The summed E-state index contributed by atoms with van der Waals surface area (Å²) in [4.78, 5) is 0. The first kappa shape index (κ1) is 14.2. The molecule has 0 saturated heterocycles. The molecule has 0 nitrogen and oxygen atoms in total. The molecule has 0 spiro atoms. The van der Waals surface area contributed by atoms with Crippen molar-refractivity contribution in [2.45, 2.75) is 32.3 Å². The van der Waals surface area contributed by atoms with Crippen LogP contribution in [0.1, 0.15) is 25.0 Å². The van der Waals surface area contributed by atoms with Crippen molar-refractivity contribution in [2.24, 2.45) is 0 Å². The highest BCUT2D eigenvalue weighted by Gasteiger charge is 2.38. The first-order valence-electron chi connectivity index (χ1n) is 8.47. The molecule has 3 aromatic carbocycles. The summed E-state index contributed by atoms with van der Waals surface area (Å²) in [5.74, 6) is 0. The van der Waals surface area contributed by atoms with Gasteiger partial charge in [-0.2, -0.15) is 0 Å². The summed E-state index contributed by atoms with van der Waals surface area (Å²) < 4.78 is 0. The maximum absolute atomic E-state index is 2.48. The van der Waals surface area contributed by atoms with E-state index in [0.717, 1.165) is 5.66 Å². The number of benzene rings is 3. The molecule has 1 aliphatic heterocycles. The minimum atomic E-state index is -0.221. The molecule has 0 fully saturated rings. The summed E-state index contributed by atoms with van der Waals surface area (Å²) >= 11 is 0. The second-order valence-electron chi connectivity index (χ2n) is 6.82. The van der Waals surface area contributed by atoms with Crippen molar-refractivity contribution in [3.63, 3.8) is 0 Å². The van der Waals surface area contributed by atoms with Crippen LogP contribution in [0.25, 0.3) is 10.8 Å². The Morgan fingerprint density at radius 3 is 2.04 bits per heavy atom. The van der Waals surface area contributed by atoms with E-state index in [0.29, 0.717) is 0 Å². The zero-order chi connectivity index (χ0) is 15.6. The SMILES string of the molecule is CC(C)[P@@]1c2ccc3c4c(ccc(c24)P1c1ccccc1)CC3. The molecule has 2 aliphatic rings. The zero-order valence-electron chi connectivity index (χ0n) is 13.6. The van der Waals surface area contributed by atoms with Crippen molar-refractivity contribution in [1.29, 1.82) is 0 Å². The third kappa shape index (κ3) is 1.92. The van der Waals surface area contributed by atoms with Crippen molar-refractivity contribution < 1.29 is 0 Å². The van der Waals surface area contributed by atoms with E-state index in [1.165, 1.54) is 12.8 Å². The van der Waals surface area contributed by atoms with Crippen LogP contribution in [0.3, 0.4) is 0 Å². The Balaban J connectivity index is 1.85. The fourth-order valence-corrected chi connectivity index (χ4v) is 13.0. The Morgan fingerprint density at radius 1 is 0.739 bits per heavy atom. The monoisotopic (exact) mass is 334 g/mol. The van der Waals surface area contributed by atoms with Crippen molar-refractivity contribution >= 4 is 41.9 Å². The number of hydrogen-bond donors (Lipinski definition) is 0. The molecule has 0 saturated carbocycles. The summed E-state index contributed by atoms with van der Waals surface area (Å²) in [6.45, 7) is 4.85. The molecule has 0 aromatic heterocycles. The van der Waals surface area contributed by atoms with Crippen molar-refractivity contribution in [3.8, 4) is 0 Å². The molecule has 1 heterocycles. The van der Waals surface area contributed by atoms with Gasteiger partial charge in [-0.05, 0) is 71.5 Å². The van der Waals surface area contributed by atoms with Gasteiger partial charge in [0, 0.05) is 0 Å². The van der Waals surface area contributed by atoms with Crippen LogP contribution in [0.5, 0.6) is 0 Å². The van der Waals surface area contributed by atoms with Crippen LogP contribution in [-0.2, 0) is 12.8 Å². The quantitative estimate of drug-likeness (QED) is 0.590. The summed E-state index contributed by atoms with van der Waals surface area (Å²) in [5.41, 5.74) is 3.91. The molecular weight excluding hydrogens is 314 g/mol. The highest BCUT2D eigenvalue weighted by atomic mass is 32.1. The maximum Gasteiger partial charge on any atom is -0.00137 e. The third-order valence-corrected chi connectivity index (χ3v) is 13.7. The number of rotatable bonds is 2. The molecule has 114 valence electrons. The molecule has 0 radical (unpaired) electrons. The summed E-state index contributed by atoms with van der Waals surface area (Å²) in [7, 11) is -0.342. The van der Waals surface area contributed by atoms with Crippen molar-refractivity contribution in [2.75, 3.05) is 0 Å². The van der Waals surface area contributed by atoms with E-state index in [9.17, 15) is 0 Å². The summed E-state index contributed by atoms with van der Waals surface area (Å²) in [6, 6.07) is 21.1. The molecule has 2 atom stereocenters. The van der Waals surface area contributed by atoms with Crippen molar-refractivity contribution in [1.82, 2.24) is 0 Å². The van der Waals surface area contributed by atoms with E-state index in [1.807, 2.05) is 0 Å². The van der Waals surface area contributed by atoms with Gasteiger partial charge in [-0.3, -0.25) is 0 Å². The van der Waals surface area contributed by atoms with E-state index in [4.69, 9.17) is 0 Å². The van der Waals surface area contributed by atoms with E-state index >= 15 is 0 Å². The average Bonchev–Trinajstić information content (AvgIpc) is 3.13. The van der Waals surface area contributed by atoms with E-state index in [1.54, 1.807) is 37.8 Å². The lowest BCUT2D eigenvalue weighted by atomic mass is 10.1. The molecule has 5 rings (SSSR count). The van der Waals surface area contributed by atoms with Gasteiger partial charge in [0.1, 0.15) is 0 Å². The van der Waals surface area contributed by atoms with Gasteiger partial charge in [-0.25, -0.2) is 0 Å². The fraction of sp³-hybridized carbons (Fsp3) is 0.238. The van der Waals surface area contributed by atoms with Gasteiger partial charge in [-0.1, -0.05) is 68.4 Å². The minimum Gasteiger partial charge on any atom is -0.0622 e. The summed E-state index contributed by atoms with van der Waals surface area (Å²) in [6.07, 6.45) is 2.47. The molecule has 0 N–H and O–H groups in total. The van der Waals surface area contributed by atoms with Crippen LogP contribution in [0.15, 0.2) is 54.6 Å². The molecule has 1 unspecified atom stereocenters. The van der Waals surface area contributed by atoms with Crippen LogP contribution >= 0.6 is 15.2 Å². The summed E-state index contributed by atoms with van der Waals surface area (Å²) in [5, 5.41) is 8.17. The van der Waals surface area contributed by atoms with Gasteiger partial charge in [0.15, 0.2) is 0 Å². The van der Waals surface area contributed by atoms with Gasteiger partial charge >= 0.3 is 0 Å². The topological polar surface area (TPSA) is 0 Å². The zero-order valence-corrected chi connectivity index (χ0v) is 15.4. The molecule has 1 aliphatic carbocycles. The Morgan fingerprint density at radius 2 is 1.39 bits per heavy atom. The predicted molar refractivity (Wildman–Crippen MR) is 106 cm³/mol. The predicted octanol–water partition coefficient (Wildman–Crippen LogP) is 4.82. The third-order valence-electron chi connectivity index (χ3n) is 5.13. The highest BCUT2D eigenvalue weighted by molar-refractivity contribution is 8.40. The lowest BCUT2D eigenvalue weighted by molar-refractivity contribution is 1.02. The van der Waals surface area contributed by atoms with E-state index in [-0.39, 0.29) is 15.2 Å². The standard InChI is InChI=1S/C21H20P2/c1-14(2)22-18-12-10-15-8-9-16-11-13-19(21(18)20(15)16)23(22)17-6-4-3-5-7-17/h3-7,10-14H,8-9H2,1-2H3/t22-,23?/m0/s1. The Kier molecular flexibility index (Phi) is 3.16. The van der Waals surface area contributed by atoms with E-state index in [2.05, 4.69) is 68.4 Å². The van der Waals surface area contributed by atoms with Gasteiger partial charge in [-0.15, -0.1) is 0 Å². The van der Waals surface area contributed by atoms with Crippen molar-refractivity contribution in [3.05, 3.63) is 65.7 Å². The second kappa shape index (κ2) is 5.14. The number of hydrogen-bond acceptors (Lipinski definition) is 0. The molecule has 23 heavy (non-hydrogen) atoms. The largest absolute Gasteiger partial charge is 0.0622 e. The van der Waals surface area contributed by atoms with E-state index < -0.39 is 0 Å². The lowest BCUT2D eigenvalue weighted by Gasteiger charge is -2.26. The molecule has 0 bridgehead atoms. The van der Waals surface area contributed by atoms with Gasteiger partial charge < -0.3 is 0 Å². The van der Waals surface area contributed by atoms with Crippen LogP contribution in [0, 0.1) is 0 Å². The normalized spacial score (nSPS) is 21.5. The van der Waals surface area contributed by atoms with Gasteiger partial charge in [0.25, 0.3) is 0 Å². The maximum atomic E-state index is 2.48.